The predicted octanol–water partition coefficient (Wildman–Crippen LogP) is 2.12. The van der Waals surface area contributed by atoms with Crippen LogP contribution >= 0.6 is 0 Å². The van der Waals surface area contributed by atoms with Gasteiger partial charge in [-0.3, -0.25) is 4.79 Å². The minimum atomic E-state index is -0.997. The second kappa shape index (κ2) is 4.92. The molecule has 3 nitrogen and oxygen atoms in total. The van der Waals surface area contributed by atoms with Crippen molar-refractivity contribution in [1.29, 1.82) is 0 Å². The number of carboxylic acids is 1. The van der Waals surface area contributed by atoms with Gasteiger partial charge in [0.15, 0.2) is 0 Å². The standard InChI is InChI=1S/C11H13F2NO2/c1-7(11(15)16)6-14(2)10-8(12)4-3-5-9(10)13/h3-5,7H,6H2,1-2H3,(H,15,16). The molecule has 1 N–H and O–H groups in total. The quantitative estimate of drug-likeness (QED) is 0.859. The van der Waals surface area contributed by atoms with Gasteiger partial charge in [0.05, 0.1) is 5.92 Å². The van der Waals surface area contributed by atoms with Gasteiger partial charge in [0.25, 0.3) is 0 Å². The summed E-state index contributed by atoms with van der Waals surface area (Å²) in [6.07, 6.45) is 0. The van der Waals surface area contributed by atoms with Crippen LogP contribution in [0.1, 0.15) is 6.92 Å². The van der Waals surface area contributed by atoms with E-state index in [9.17, 15) is 13.6 Å². The van der Waals surface area contributed by atoms with Gasteiger partial charge in [0.1, 0.15) is 17.3 Å². The molecule has 0 spiro atoms. The third-order valence-electron chi connectivity index (χ3n) is 2.29. The number of carboxylic acid groups (broad SMARTS) is 1. The maximum atomic E-state index is 13.3. The van der Waals surface area contributed by atoms with Gasteiger partial charge >= 0.3 is 5.97 Å². The van der Waals surface area contributed by atoms with E-state index in [1.54, 1.807) is 0 Å². The first-order valence-corrected chi connectivity index (χ1v) is 4.81. The summed E-state index contributed by atoms with van der Waals surface area (Å²) in [5, 5.41) is 8.70. The molecule has 1 atom stereocenters. The van der Waals surface area contributed by atoms with Crippen LogP contribution < -0.4 is 4.90 Å². The van der Waals surface area contributed by atoms with Gasteiger partial charge in [-0.25, -0.2) is 8.78 Å². The summed E-state index contributed by atoms with van der Waals surface area (Å²) in [6, 6.07) is 3.54. The molecule has 5 heteroatoms. The van der Waals surface area contributed by atoms with Crippen molar-refractivity contribution in [1.82, 2.24) is 0 Å². The Morgan fingerprint density at radius 3 is 2.38 bits per heavy atom. The lowest BCUT2D eigenvalue weighted by molar-refractivity contribution is -0.140. The van der Waals surface area contributed by atoms with Crippen LogP contribution in [0.15, 0.2) is 18.2 Å². The van der Waals surface area contributed by atoms with Gasteiger partial charge in [0.2, 0.25) is 0 Å². The highest BCUT2D eigenvalue weighted by Crippen LogP contribution is 2.22. The number of hydrogen-bond donors (Lipinski definition) is 1. The van der Waals surface area contributed by atoms with Crippen LogP contribution in [0.2, 0.25) is 0 Å². The zero-order chi connectivity index (χ0) is 12.3. The van der Waals surface area contributed by atoms with Crippen LogP contribution in [-0.4, -0.2) is 24.7 Å². The number of carbonyl (C=O) groups is 1. The number of rotatable bonds is 4. The molecule has 0 aromatic heterocycles. The Morgan fingerprint density at radius 1 is 1.44 bits per heavy atom. The average molecular weight is 229 g/mol. The zero-order valence-electron chi connectivity index (χ0n) is 9.08. The van der Waals surface area contributed by atoms with E-state index in [-0.39, 0.29) is 12.2 Å². The van der Waals surface area contributed by atoms with E-state index in [1.807, 2.05) is 0 Å². The van der Waals surface area contributed by atoms with Crippen molar-refractivity contribution in [2.24, 2.45) is 5.92 Å². The minimum Gasteiger partial charge on any atom is -0.481 e. The van der Waals surface area contributed by atoms with Gasteiger partial charge < -0.3 is 10.0 Å². The zero-order valence-corrected chi connectivity index (χ0v) is 9.08. The second-order valence-corrected chi connectivity index (χ2v) is 3.69. The third-order valence-corrected chi connectivity index (χ3v) is 2.29. The van der Waals surface area contributed by atoms with E-state index < -0.39 is 23.5 Å². The normalized spacial score (nSPS) is 12.2. The second-order valence-electron chi connectivity index (χ2n) is 3.69. The number of benzene rings is 1. The average Bonchev–Trinajstić information content (AvgIpc) is 2.16. The van der Waals surface area contributed by atoms with Crippen molar-refractivity contribution < 1.29 is 18.7 Å². The van der Waals surface area contributed by atoms with Crippen molar-refractivity contribution in [3.05, 3.63) is 29.8 Å². The van der Waals surface area contributed by atoms with E-state index in [4.69, 9.17) is 5.11 Å². The first-order chi connectivity index (χ1) is 7.43. The summed E-state index contributed by atoms with van der Waals surface area (Å²) in [4.78, 5) is 11.9. The summed E-state index contributed by atoms with van der Waals surface area (Å²) in [6.45, 7) is 1.53. The fourth-order valence-corrected chi connectivity index (χ4v) is 1.43. The molecule has 0 bridgehead atoms. The fourth-order valence-electron chi connectivity index (χ4n) is 1.43. The molecule has 0 radical (unpaired) electrons. The van der Waals surface area contributed by atoms with Gasteiger partial charge in [-0.05, 0) is 12.1 Å². The van der Waals surface area contributed by atoms with Crippen LogP contribution in [0.5, 0.6) is 0 Å². The molecule has 0 heterocycles. The molecule has 0 aliphatic rings. The molecular formula is C11H13F2NO2. The number of anilines is 1. The van der Waals surface area contributed by atoms with Crippen molar-refractivity contribution in [2.45, 2.75) is 6.92 Å². The first-order valence-electron chi connectivity index (χ1n) is 4.81. The van der Waals surface area contributed by atoms with Gasteiger partial charge in [0, 0.05) is 13.6 Å². The van der Waals surface area contributed by atoms with E-state index >= 15 is 0 Å². The number of para-hydroxylation sites is 1. The largest absolute Gasteiger partial charge is 0.481 e. The number of halogens is 2. The van der Waals surface area contributed by atoms with Gasteiger partial charge in [-0.2, -0.15) is 0 Å². The molecule has 1 aromatic rings. The maximum Gasteiger partial charge on any atom is 0.308 e. The Bertz CT molecular complexity index is 375. The Morgan fingerprint density at radius 2 is 1.94 bits per heavy atom. The number of aliphatic carboxylic acids is 1. The van der Waals surface area contributed by atoms with Crippen LogP contribution in [0.4, 0.5) is 14.5 Å². The fraction of sp³-hybridized carbons (Fsp3) is 0.364. The van der Waals surface area contributed by atoms with E-state index in [0.29, 0.717) is 0 Å². The van der Waals surface area contributed by atoms with Crippen molar-refractivity contribution in [3.8, 4) is 0 Å². The van der Waals surface area contributed by atoms with Crippen molar-refractivity contribution >= 4 is 11.7 Å². The highest BCUT2D eigenvalue weighted by Gasteiger charge is 2.18. The molecule has 1 rings (SSSR count). The Kier molecular flexibility index (Phi) is 3.82. The topological polar surface area (TPSA) is 40.5 Å². The lowest BCUT2D eigenvalue weighted by atomic mass is 10.1. The summed E-state index contributed by atoms with van der Waals surface area (Å²) in [7, 11) is 1.46. The maximum absolute atomic E-state index is 13.3. The van der Waals surface area contributed by atoms with Crippen molar-refractivity contribution in [2.75, 3.05) is 18.5 Å². The van der Waals surface area contributed by atoms with Gasteiger partial charge in [-0.15, -0.1) is 0 Å². The first kappa shape index (κ1) is 12.4. The summed E-state index contributed by atoms with van der Waals surface area (Å²) in [5.41, 5.74) is -0.199. The molecule has 16 heavy (non-hydrogen) atoms. The molecule has 0 saturated heterocycles. The SMILES string of the molecule is CC(CN(C)c1c(F)cccc1F)C(=O)O. The van der Waals surface area contributed by atoms with E-state index in [2.05, 4.69) is 0 Å². The van der Waals surface area contributed by atoms with E-state index in [0.717, 1.165) is 12.1 Å². The van der Waals surface area contributed by atoms with Crippen LogP contribution in [0, 0.1) is 17.6 Å². The van der Waals surface area contributed by atoms with Crippen molar-refractivity contribution in [3.63, 3.8) is 0 Å². The Labute approximate surface area is 92.3 Å². The molecule has 88 valence electrons. The summed E-state index contributed by atoms with van der Waals surface area (Å²) < 4.78 is 26.6. The summed E-state index contributed by atoms with van der Waals surface area (Å²) >= 11 is 0. The predicted molar refractivity (Wildman–Crippen MR) is 56.4 cm³/mol. The smallest absolute Gasteiger partial charge is 0.308 e. The minimum absolute atomic E-state index is 0.0488. The molecule has 1 aromatic carbocycles. The highest BCUT2D eigenvalue weighted by atomic mass is 19.1. The van der Waals surface area contributed by atoms with Gasteiger partial charge in [-0.1, -0.05) is 13.0 Å². The lowest BCUT2D eigenvalue weighted by Gasteiger charge is -2.22. The third kappa shape index (κ3) is 2.68. The summed E-state index contributed by atoms with van der Waals surface area (Å²) in [5.74, 6) is -3.08. The Balaban J connectivity index is 2.88. The molecule has 1 unspecified atom stereocenters. The molecule has 0 amide bonds. The monoisotopic (exact) mass is 229 g/mol. The van der Waals surface area contributed by atoms with Crippen LogP contribution in [0.25, 0.3) is 0 Å². The molecule has 0 aliphatic carbocycles. The lowest BCUT2D eigenvalue weighted by Crippen LogP contribution is -2.29. The Hall–Kier alpha value is -1.65. The molecule has 0 fully saturated rings. The molecular weight excluding hydrogens is 216 g/mol. The van der Waals surface area contributed by atoms with E-state index in [1.165, 1.54) is 24.9 Å². The van der Waals surface area contributed by atoms with Crippen LogP contribution in [-0.2, 0) is 4.79 Å². The molecule has 0 saturated carbocycles. The number of hydrogen-bond acceptors (Lipinski definition) is 2. The molecule has 0 aliphatic heterocycles. The highest BCUT2D eigenvalue weighted by molar-refractivity contribution is 5.70. The number of nitrogens with zero attached hydrogens (tertiary/aromatic N) is 1. The van der Waals surface area contributed by atoms with Crippen LogP contribution in [0.3, 0.4) is 0 Å².